The molecule has 3 N–H and O–H groups in total. The summed E-state index contributed by atoms with van der Waals surface area (Å²) in [6.07, 6.45) is 0. The van der Waals surface area contributed by atoms with Crippen LogP contribution in [0.25, 0.3) is 0 Å². The van der Waals surface area contributed by atoms with E-state index in [4.69, 9.17) is 10.8 Å². The van der Waals surface area contributed by atoms with Crippen molar-refractivity contribution in [1.29, 1.82) is 0 Å². The second-order valence-electron chi connectivity index (χ2n) is 8.10. The maximum absolute atomic E-state index is 12.4. The molecule has 0 spiro atoms. The fourth-order valence-corrected chi connectivity index (χ4v) is 6.15. The summed E-state index contributed by atoms with van der Waals surface area (Å²) in [5, 5.41) is 8.58. The largest absolute Gasteiger partial charge is 0.481 e. The van der Waals surface area contributed by atoms with E-state index in [0.29, 0.717) is 0 Å². The van der Waals surface area contributed by atoms with Crippen molar-refractivity contribution in [1.82, 2.24) is 0 Å². The summed E-state index contributed by atoms with van der Waals surface area (Å²) in [7, 11) is -1.36. The Bertz CT molecular complexity index is 1190. The molecule has 0 bridgehead atoms. The molecule has 0 radical (unpaired) electrons. The molecule has 0 aliphatic carbocycles. The van der Waals surface area contributed by atoms with Gasteiger partial charge in [0, 0.05) is 10.8 Å². The Balaban J connectivity index is 0.000000206. The van der Waals surface area contributed by atoms with Crippen LogP contribution in [0.1, 0.15) is 32.8 Å². The summed E-state index contributed by atoms with van der Waals surface area (Å²) in [4.78, 5) is 21.8. The first-order chi connectivity index (χ1) is 18.0. The molecule has 5 nitrogen and oxygen atoms in total. The van der Waals surface area contributed by atoms with Gasteiger partial charge in [0.25, 0.3) is 0 Å². The molecular formula is C30H29NO4S2. The van der Waals surface area contributed by atoms with Crippen molar-refractivity contribution >= 4 is 34.4 Å². The summed E-state index contributed by atoms with van der Waals surface area (Å²) in [6.45, 7) is 0. The van der Waals surface area contributed by atoms with Crippen molar-refractivity contribution in [3.05, 3.63) is 144 Å². The van der Waals surface area contributed by atoms with Crippen LogP contribution < -0.4 is 5.73 Å². The standard InChI is InChI=1S/C15H15NO2S.C15H14O2S/c16-14(17)11-19(18)15(12-7-3-1-4-8-12)13-9-5-2-6-10-13;16-14(17)11-18-15(12-7-3-1-4-8-12)13-9-5-2-6-10-13/h1-10,15H,11H2,(H2,16,17);1-10,15H,11H2,(H,16,17). The van der Waals surface area contributed by atoms with Crippen molar-refractivity contribution in [2.75, 3.05) is 11.5 Å². The molecule has 1 atom stereocenters. The number of carbonyl (C=O) groups is 2. The van der Waals surface area contributed by atoms with Crippen LogP contribution >= 0.6 is 11.8 Å². The van der Waals surface area contributed by atoms with E-state index in [2.05, 4.69) is 0 Å². The minimum absolute atomic E-state index is 0.0727. The minimum Gasteiger partial charge on any atom is -0.481 e. The molecule has 4 rings (SSSR count). The first-order valence-electron chi connectivity index (χ1n) is 11.6. The minimum atomic E-state index is -1.36. The lowest BCUT2D eigenvalue weighted by atomic mass is 10.0. The molecule has 0 heterocycles. The van der Waals surface area contributed by atoms with Crippen LogP contribution in [0.15, 0.2) is 121 Å². The fourth-order valence-electron chi connectivity index (χ4n) is 3.77. The van der Waals surface area contributed by atoms with Gasteiger partial charge in [0.15, 0.2) is 0 Å². The highest BCUT2D eigenvalue weighted by atomic mass is 32.2. The van der Waals surface area contributed by atoms with Crippen LogP contribution in [0, 0.1) is 0 Å². The quantitative estimate of drug-likeness (QED) is 0.277. The second kappa shape index (κ2) is 14.8. The molecule has 0 fully saturated rings. The third-order valence-electron chi connectivity index (χ3n) is 5.33. The maximum atomic E-state index is 12.4. The van der Waals surface area contributed by atoms with E-state index >= 15 is 0 Å². The van der Waals surface area contributed by atoms with Gasteiger partial charge in [-0.05, 0) is 22.3 Å². The van der Waals surface area contributed by atoms with Crippen molar-refractivity contribution in [2.24, 2.45) is 5.73 Å². The SMILES string of the molecule is NC(=O)CS(=O)C(c1ccccc1)c1ccccc1.O=C(O)CSC(c1ccccc1)c1ccccc1. The molecule has 0 aliphatic rings. The number of amides is 1. The zero-order valence-corrected chi connectivity index (χ0v) is 21.8. The maximum Gasteiger partial charge on any atom is 0.313 e. The molecule has 37 heavy (non-hydrogen) atoms. The highest BCUT2D eigenvalue weighted by Crippen LogP contribution is 2.35. The van der Waals surface area contributed by atoms with E-state index in [9.17, 15) is 13.8 Å². The molecule has 0 aliphatic heterocycles. The lowest BCUT2D eigenvalue weighted by molar-refractivity contribution is -0.133. The van der Waals surface area contributed by atoms with Crippen molar-refractivity contribution < 1.29 is 18.9 Å². The fraction of sp³-hybridized carbons (Fsp3) is 0.133. The Labute approximate surface area is 224 Å². The third-order valence-corrected chi connectivity index (χ3v) is 8.26. The molecule has 7 heteroatoms. The number of nitrogens with two attached hydrogens (primary N) is 1. The number of benzene rings is 4. The van der Waals surface area contributed by atoms with Gasteiger partial charge >= 0.3 is 5.97 Å². The number of carboxylic acids is 1. The van der Waals surface area contributed by atoms with Gasteiger partial charge in [-0.1, -0.05) is 121 Å². The van der Waals surface area contributed by atoms with Crippen LogP contribution in [-0.4, -0.2) is 32.7 Å². The van der Waals surface area contributed by atoms with Gasteiger partial charge in [-0.3, -0.25) is 13.8 Å². The van der Waals surface area contributed by atoms with Crippen LogP contribution in [0.2, 0.25) is 0 Å². The zero-order chi connectivity index (χ0) is 26.5. The first-order valence-corrected chi connectivity index (χ1v) is 14.1. The van der Waals surface area contributed by atoms with Crippen LogP contribution in [0.4, 0.5) is 0 Å². The van der Waals surface area contributed by atoms with E-state index in [-0.39, 0.29) is 22.0 Å². The van der Waals surface area contributed by atoms with Gasteiger partial charge in [-0.25, -0.2) is 0 Å². The van der Waals surface area contributed by atoms with Gasteiger partial charge in [0.2, 0.25) is 5.91 Å². The van der Waals surface area contributed by atoms with E-state index < -0.39 is 22.7 Å². The monoisotopic (exact) mass is 531 g/mol. The highest BCUT2D eigenvalue weighted by molar-refractivity contribution is 8.00. The van der Waals surface area contributed by atoms with Gasteiger partial charge in [0.05, 0.1) is 16.3 Å². The number of carboxylic acid groups (broad SMARTS) is 1. The van der Waals surface area contributed by atoms with Crippen molar-refractivity contribution in [3.63, 3.8) is 0 Å². The molecule has 0 aromatic heterocycles. The smallest absolute Gasteiger partial charge is 0.313 e. The summed E-state index contributed by atoms with van der Waals surface area (Å²) in [5.74, 6) is -1.35. The second-order valence-corrected chi connectivity index (χ2v) is 10.7. The number of thioether (sulfide) groups is 1. The van der Waals surface area contributed by atoms with Crippen molar-refractivity contribution in [2.45, 2.75) is 10.5 Å². The van der Waals surface area contributed by atoms with Gasteiger partial charge < -0.3 is 10.8 Å². The number of primary amides is 1. The average Bonchev–Trinajstić information content (AvgIpc) is 2.91. The Morgan fingerprint density at radius 1 is 0.676 bits per heavy atom. The number of rotatable bonds is 10. The number of aliphatic carboxylic acids is 1. The van der Waals surface area contributed by atoms with Gasteiger partial charge in [-0.2, -0.15) is 0 Å². The normalized spacial score (nSPS) is 11.4. The third kappa shape index (κ3) is 9.04. The van der Waals surface area contributed by atoms with E-state index in [1.165, 1.54) is 11.8 Å². The molecular weight excluding hydrogens is 502 g/mol. The topological polar surface area (TPSA) is 97.5 Å². The Kier molecular flexibility index (Phi) is 11.1. The van der Waals surface area contributed by atoms with Crippen LogP contribution in [-0.2, 0) is 20.4 Å². The van der Waals surface area contributed by atoms with Crippen LogP contribution in [0.3, 0.4) is 0 Å². The highest BCUT2D eigenvalue weighted by Gasteiger charge is 2.22. The lowest BCUT2D eigenvalue weighted by Crippen LogP contribution is -2.23. The molecule has 4 aromatic carbocycles. The lowest BCUT2D eigenvalue weighted by Gasteiger charge is -2.16. The average molecular weight is 532 g/mol. The van der Waals surface area contributed by atoms with E-state index in [1.807, 2.05) is 121 Å². The zero-order valence-electron chi connectivity index (χ0n) is 20.2. The Morgan fingerprint density at radius 2 is 1.03 bits per heavy atom. The Morgan fingerprint density at radius 3 is 1.35 bits per heavy atom. The first kappa shape index (κ1) is 27.9. The van der Waals surface area contributed by atoms with E-state index in [0.717, 1.165) is 22.3 Å². The molecule has 1 amide bonds. The summed E-state index contributed by atoms with van der Waals surface area (Å²) in [6, 6.07) is 39.0. The number of hydrogen-bond donors (Lipinski definition) is 2. The van der Waals surface area contributed by atoms with Crippen LogP contribution in [0.5, 0.6) is 0 Å². The molecule has 190 valence electrons. The number of carbonyl (C=O) groups excluding carboxylic acids is 1. The van der Waals surface area contributed by atoms with Gasteiger partial charge in [0.1, 0.15) is 5.75 Å². The summed E-state index contributed by atoms with van der Waals surface area (Å²) in [5.41, 5.74) is 9.27. The molecule has 1 unspecified atom stereocenters. The summed E-state index contributed by atoms with van der Waals surface area (Å²) < 4.78 is 12.4. The van der Waals surface area contributed by atoms with Gasteiger partial charge in [-0.15, -0.1) is 11.8 Å². The summed E-state index contributed by atoms with van der Waals surface area (Å²) >= 11 is 1.44. The van der Waals surface area contributed by atoms with E-state index in [1.54, 1.807) is 0 Å². The Hall–Kier alpha value is -3.68. The number of hydrogen-bond acceptors (Lipinski definition) is 4. The molecule has 0 saturated heterocycles. The predicted molar refractivity (Wildman–Crippen MR) is 152 cm³/mol. The molecule has 4 aromatic rings. The molecule has 0 saturated carbocycles. The predicted octanol–water partition coefficient (Wildman–Crippen LogP) is 5.60. The van der Waals surface area contributed by atoms with Crippen molar-refractivity contribution in [3.8, 4) is 0 Å².